The highest BCUT2D eigenvalue weighted by atomic mass is 79.9. The lowest BCUT2D eigenvalue weighted by molar-refractivity contribution is -0.385. The monoisotopic (exact) mass is 341 g/mol. The number of aromatic nitrogens is 1. The van der Waals surface area contributed by atoms with Crippen LogP contribution in [0.3, 0.4) is 0 Å². The predicted molar refractivity (Wildman–Crippen MR) is 79.8 cm³/mol. The van der Waals surface area contributed by atoms with Gasteiger partial charge in [-0.15, -0.1) is 11.3 Å². The smallest absolute Gasteiger partial charge is 0.287 e. The highest BCUT2D eigenvalue weighted by Gasteiger charge is 2.13. The topological polar surface area (TPSA) is 59.3 Å². The van der Waals surface area contributed by atoms with Crippen LogP contribution in [0.1, 0.15) is 11.1 Å². The summed E-state index contributed by atoms with van der Waals surface area (Å²) in [7, 11) is 1.92. The molecule has 5 nitrogen and oxygen atoms in total. The van der Waals surface area contributed by atoms with E-state index in [-0.39, 0.29) is 5.69 Å². The standard InChI is InChI=1S/C12H12BrN3O2S/c1-8-3-10(16(17)18)5-14-12(8)15(2)6-9-4-11(13)19-7-9/h3-5,7H,6H2,1-2H3. The molecule has 0 bridgehead atoms. The van der Waals surface area contributed by atoms with Gasteiger partial charge in [0.1, 0.15) is 12.0 Å². The fourth-order valence-corrected chi connectivity index (χ4v) is 3.03. The zero-order chi connectivity index (χ0) is 14.0. The number of hydrogen-bond acceptors (Lipinski definition) is 5. The van der Waals surface area contributed by atoms with Gasteiger partial charge in [0, 0.05) is 19.7 Å². The van der Waals surface area contributed by atoms with Crippen LogP contribution in [0.2, 0.25) is 0 Å². The van der Waals surface area contributed by atoms with E-state index >= 15 is 0 Å². The summed E-state index contributed by atoms with van der Waals surface area (Å²) in [6.07, 6.45) is 1.29. The summed E-state index contributed by atoms with van der Waals surface area (Å²) in [6.45, 7) is 2.54. The first kappa shape index (κ1) is 14.0. The van der Waals surface area contributed by atoms with Crippen LogP contribution in [0.15, 0.2) is 27.5 Å². The third-order valence-electron chi connectivity index (χ3n) is 2.65. The third kappa shape index (κ3) is 3.30. The van der Waals surface area contributed by atoms with Crippen molar-refractivity contribution < 1.29 is 4.92 Å². The van der Waals surface area contributed by atoms with Crippen molar-refractivity contribution in [3.8, 4) is 0 Å². The number of anilines is 1. The lowest BCUT2D eigenvalue weighted by Crippen LogP contribution is -2.18. The van der Waals surface area contributed by atoms with Crippen molar-refractivity contribution in [1.29, 1.82) is 0 Å². The van der Waals surface area contributed by atoms with Gasteiger partial charge in [0.15, 0.2) is 0 Å². The van der Waals surface area contributed by atoms with Crippen LogP contribution in [0.4, 0.5) is 11.5 Å². The van der Waals surface area contributed by atoms with Crippen LogP contribution in [0.25, 0.3) is 0 Å². The van der Waals surface area contributed by atoms with Crippen LogP contribution >= 0.6 is 27.3 Å². The van der Waals surface area contributed by atoms with Gasteiger partial charge in [0.25, 0.3) is 5.69 Å². The molecule has 0 aliphatic rings. The summed E-state index contributed by atoms with van der Waals surface area (Å²) >= 11 is 5.06. The molecule has 0 aromatic carbocycles. The highest BCUT2D eigenvalue weighted by Crippen LogP contribution is 2.25. The third-order valence-corrected chi connectivity index (χ3v) is 4.20. The van der Waals surface area contributed by atoms with E-state index in [4.69, 9.17) is 0 Å². The maximum atomic E-state index is 10.7. The number of rotatable bonds is 4. The molecule has 0 fully saturated rings. The maximum Gasteiger partial charge on any atom is 0.287 e. The van der Waals surface area contributed by atoms with Crippen LogP contribution in [0, 0.1) is 17.0 Å². The predicted octanol–water partition coefficient (Wildman–Crippen LogP) is 3.76. The van der Waals surface area contributed by atoms with E-state index in [0.29, 0.717) is 6.54 Å². The van der Waals surface area contributed by atoms with Crippen LogP contribution < -0.4 is 4.90 Å². The minimum absolute atomic E-state index is 0.0212. The summed E-state index contributed by atoms with van der Waals surface area (Å²) in [6, 6.07) is 3.60. The molecule has 0 unspecified atom stereocenters. The van der Waals surface area contributed by atoms with Crippen molar-refractivity contribution in [1.82, 2.24) is 4.98 Å². The molecule has 2 heterocycles. The second-order valence-electron chi connectivity index (χ2n) is 4.21. The normalized spacial score (nSPS) is 10.5. The molecule has 2 aromatic rings. The number of halogens is 1. The molecule has 0 N–H and O–H groups in total. The van der Waals surface area contributed by atoms with Gasteiger partial charge in [0.2, 0.25) is 0 Å². The van der Waals surface area contributed by atoms with E-state index in [1.54, 1.807) is 17.4 Å². The average molecular weight is 342 g/mol. The van der Waals surface area contributed by atoms with E-state index in [1.807, 2.05) is 18.9 Å². The Kier molecular flexibility index (Phi) is 4.16. The molecule has 0 radical (unpaired) electrons. The zero-order valence-electron chi connectivity index (χ0n) is 10.5. The van der Waals surface area contributed by atoms with Gasteiger partial charge < -0.3 is 4.90 Å². The largest absolute Gasteiger partial charge is 0.355 e. The van der Waals surface area contributed by atoms with Crippen molar-refractivity contribution in [2.75, 3.05) is 11.9 Å². The first-order valence-electron chi connectivity index (χ1n) is 5.52. The Balaban J connectivity index is 2.19. The summed E-state index contributed by atoms with van der Waals surface area (Å²) in [4.78, 5) is 16.4. The number of hydrogen-bond donors (Lipinski definition) is 0. The number of thiophene rings is 1. The van der Waals surface area contributed by atoms with Gasteiger partial charge >= 0.3 is 0 Å². The highest BCUT2D eigenvalue weighted by molar-refractivity contribution is 9.11. The number of nitro groups is 1. The Morgan fingerprint density at radius 2 is 2.26 bits per heavy atom. The molecule has 0 amide bonds. The van der Waals surface area contributed by atoms with E-state index in [0.717, 1.165) is 15.2 Å². The van der Waals surface area contributed by atoms with Gasteiger partial charge in [-0.05, 0) is 45.4 Å². The van der Waals surface area contributed by atoms with E-state index in [2.05, 4.69) is 32.4 Å². The Labute approximate surface area is 123 Å². The molecule has 0 saturated carbocycles. The van der Waals surface area contributed by atoms with Crippen LogP contribution in [-0.4, -0.2) is 17.0 Å². The fraction of sp³-hybridized carbons (Fsp3) is 0.250. The van der Waals surface area contributed by atoms with E-state index in [9.17, 15) is 10.1 Å². The molecule has 19 heavy (non-hydrogen) atoms. The van der Waals surface area contributed by atoms with Crippen molar-refractivity contribution in [2.24, 2.45) is 0 Å². The molecule has 2 rings (SSSR count). The lowest BCUT2D eigenvalue weighted by Gasteiger charge is -2.19. The molecule has 0 aliphatic heterocycles. The van der Waals surface area contributed by atoms with Gasteiger partial charge in [-0.1, -0.05) is 0 Å². The van der Waals surface area contributed by atoms with Crippen LogP contribution in [-0.2, 0) is 6.54 Å². The molecule has 0 atom stereocenters. The first-order chi connectivity index (χ1) is 8.97. The Morgan fingerprint density at radius 1 is 1.53 bits per heavy atom. The van der Waals surface area contributed by atoms with Crippen molar-refractivity contribution in [3.05, 3.63) is 48.7 Å². The molecule has 7 heteroatoms. The van der Waals surface area contributed by atoms with Gasteiger partial charge in [-0.3, -0.25) is 10.1 Å². The SMILES string of the molecule is Cc1cc([N+](=O)[O-])cnc1N(C)Cc1csc(Br)c1. The molecular formula is C12H12BrN3O2S. The number of pyridine rings is 1. The number of aryl methyl sites for hydroxylation is 1. The second-order valence-corrected chi connectivity index (χ2v) is 6.50. The minimum atomic E-state index is -0.431. The molecule has 100 valence electrons. The molecule has 2 aromatic heterocycles. The van der Waals surface area contributed by atoms with Crippen molar-refractivity contribution in [3.63, 3.8) is 0 Å². The lowest BCUT2D eigenvalue weighted by atomic mass is 10.2. The van der Waals surface area contributed by atoms with E-state index in [1.165, 1.54) is 11.8 Å². The van der Waals surface area contributed by atoms with Crippen molar-refractivity contribution in [2.45, 2.75) is 13.5 Å². The van der Waals surface area contributed by atoms with Gasteiger partial charge in [0.05, 0.1) is 8.71 Å². The summed E-state index contributed by atoms with van der Waals surface area (Å²) in [5.74, 6) is 0.757. The van der Waals surface area contributed by atoms with Gasteiger partial charge in [-0.25, -0.2) is 4.98 Å². The first-order valence-corrected chi connectivity index (χ1v) is 7.19. The number of nitrogens with zero attached hydrogens (tertiary/aromatic N) is 3. The summed E-state index contributed by atoms with van der Waals surface area (Å²) in [5.41, 5.74) is 2.00. The molecular weight excluding hydrogens is 330 g/mol. The Bertz CT molecular complexity index is 615. The Morgan fingerprint density at radius 3 is 2.79 bits per heavy atom. The summed E-state index contributed by atoms with van der Waals surface area (Å²) < 4.78 is 1.09. The van der Waals surface area contributed by atoms with E-state index < -0.39 is 4.92 Å². The maximum absolute atomic E-state index is 10.7. The fourth-order valence-electron chi connectivity index (χ4n) is 1.83. The van der Waals surface area contributed by atoms with Crippen molar-refractivity contribution >= 4 is 38.8 Å². The zero-order valence-corrected chi connectivity index (χ0v) is 12.9. The molecule has 0 saturated heterocycles. The molecule has 0 aliphatic carbocycles. The molecule has 0 spiro atoms. The summed E-state index contributed by atoms with van der Waals surface area (Å²) in [5, 5.41) is 12.7. The Hall–Kier alpha value is -1.47. The average Bonchev–Trinajstić information content (AvgIpc) is 2.74. The second kappa shape index (κ2) is 5.66. The van der Waals surface area contributed by atoms with Gasteiger partial charge in [-0.2, -0.15) is 0 Å². The minimum Gasteiger partial charge on any atom is -0.355 e. The van der Waals surface area contributed by atoms with Crippen LogP contribution in [0.5, 0.6) is 0 Å². The quantitative estimate of drug-likeness (QED) is 0.627.